The van der Waals surface area contributed by atoms with Crippen molar-refractivity contribution >= 4 is 5.97 Å². The molecule has 0 heterocycles. The molecule has 0 spiro atoms. The Balaban J connectivity index is 0. The van der Waals surface area contributed by atoms with Crippen molar-refractivity contribution in [3.05, 3.63) is 0 Å². The Hall–Kier alpha value is -0.570. The zero-order valence-electron chi connectivity index (χ0n) is 17.1. The summed E-state index contributed by atoms with van der Waals surface area (Å²) < 4.78 is 0. The predicted octanol–water partition coefficient (Wildman–Crippen LogP) is 3.76. The van der Waals surface area contributed by atoms with E-state index in [0.717, 1.165) is 25.7 Å². The van der Waals surface area contributed by atoms with Gasteiger partial charge in [-0.1, -0.05) is 84.5 Å². The number of carboxylic acids is 1. The van der Waals surface area contributed by atoms with Gasteiger partial charge in [-0.05, 0) is 25.7 Å². The Morgan fingerprint density at radius 1 is 0.667 bits per heavy atom. The Kier molecular flexibility index (Phi) is 24.0. The monoisotopic (exact) mass is 343 g/mol. The molecular formula is C21H45NO2. The van der Waals surface area contributed by atoms with E-state index in [1.807, 2.05) is 0 Å². The van der Waals surface area contributed by atoms with Gasteiger partial charge in [-0.3, -0.25) is 0 Å². The fraction of sp³-hybridized carbons (Fsp3) is 0.952. The summed E-state index contributed by atoms with van der Waals surface area (Å²) in [6, 6.07) is 0. The number of hydrogen-bond acceptors (Lipinski definition) is 2. The molecule has 24 heavy (non-hydrogen) atoms. The summed E-state index contributed by atoms with van der Waals surface area (Å²) in [6.07, 6.45) is 18.8. The number of aliphatic carboxylic acids is 1. The van der Waals surface area contributed by atoms with Crippen LogP contribution in [0.1, 0.15) is 110 Å². The molecule has 0 radical (unpaired) electrons. The number of carbonyl (C=O) groups excluding carboxylic acids is 1. The summed E-state index contributed by atoms with van der Waals surface area (Å²) in [5.74, 6) is -0.925. The van der Waals surface area contributed by atoms with Crippen LogP contribution < -0.4 is 10.0 Å². The molecule has 0 fully saturated rings. The van der Waals surface area contributed by atoms with Gasteiger partial charge < -0.3 is 14.8 Å². The van der Waals surface area contributed by atoms with Crippen LogP contribution in [0.25, 0.3) is 0 Å². The molecule has 0 aromatic heterocycles. The van der Waals surface area contributed by atoms with Crippen molar-refractivity contribution in [2.24, 2.45) is 0 Å². The van der Waals surface area contributed by atoms with Crippen LogP contribution in [0.5, 0.6) is 0 Å². The van der Waals surface area contributed by atoms with Crippen LogP contribution >= 0.6 is 0 Å². The summed E-state index contributed by atoms with van der Waals surface area (Å²) in [5, 5.41) is 9.85. The standard InChI is InChI=1S/C14H31N.C7H14O2/c1-4-5-6-7-8-9-10-11-12-13-14-15(2)3;1-2-3-4-5-6-7(8)9/h4-14H2,1-3H3;2-6H2,1H3,(H,8,9). The highest BCUT2D eigenvalue weighted by atomic mass is 16.4. The van der Waals surface area contributed by atoms with E-state index < -0.39 is 5.97 Å². The van der Waals surface area contributed by atoms with E-state index in [1.54, 1.807) is 4.90 Å². The van der Waals surface area contributed by atoms with E-state index in [0.29, 0.717) is 0 Å². The maximum atomic E-state index is 9.85. The minimum Gasteiger partial charge on any atom is -0.550 e. The lowest BCUT2D eigenvalue weighted by atomic mass is 10.1. The van der Waals surface area contributed by atoms with Gasteiger partial charge in [-0.25, -0.2) is 0 Å². The number of nitrogens with one attached hydrogen (secondary N) is 1. The van der Waals surface area contributed by atoms with Crippen molar-refractivity contribution in [1.82, 2.24) is 0 Å². The number of unbranched alkanes of at least 4 members (excludes halogenated alkanes) is 12. The molecule has 146 valence electrons. The summed E-state index contributed by atoms with van der Waals surface area (Å²) in [5.41, 5.74) is 0. The van der Waals surface area contributed by atoms with Crippen LogP contribution in [0.2, 0.25) is 0 Å². The van der Waals surface area contributed by atoms with E-state index >= 15 is 0 Å². The van der Waals surface area contributed by atoms with Crippen LogP contribution in [0.3, 0.4) is 0 Å². The molecule has 0 bridgehead atoms. The van der Waals surface area contributed by atoms with Gasteiger partial charge in [0.2, 0.25) is 0 Å². The molecule has 0 amide bonds. The first kappa shape index (κ1) is 25.7. The van der Waals surface area contributed by atoms with E-state index in [2.05, 4.69) is 27.9 Å². The first-order valence-corrected chi connectivity index (χ1v) is 10.5. The molecule has 0 aliphatic rings. The highest BCUT2D eigenvalue weighted by Crippen LogP contribution is 2.09. The SMILES string of the molecule is CCCCCCC(=O)[O-].CCCCCCCCCCCC[NH+](C)C. The third kappa shape index (κ3) is 29.4. The van der Waals surface area contributed by atoms with Gasteiger partial charge >= 0.3 is 0 Å². The van der Waals surface area contributed by atoms with Gasteiger partial charge in [0.15, 0.2) is 0 Å². The fourth-order valence-corrected chi connectivity index (χ4v) is 2.66. The predicted molar refractivity (Wildman–Crippen MR) is 103 cm³/mol. The van der Waals surface area contributed by atoms with Gasteiger partial charge in [-0.15, -0.1) is 0 Å². The minimum atomic E-state index is -0.925. The Labute approximate surface area is 152 Å². The molecule has 0 unspecified atom stereocenters. The summed E-state index contributed by atoms with van der Waals surface area (Å²) in [7, 11) is 4.49. The molecule has 3 nitrogen and oxygen atoms in total. The van der Waals surface area contributed by atoms with Crippen molar-refractivity contribution in [3.63, 3.8) is 0 Å². The number of hydrogen-bond donors (Lipinski definition) is 1. The second-order valence-electron chi connectivity index (χ2n) is 7.32. The van der Waals surface area contributed by atoms with E-state index in [-0.39, 0.29) is 6.42 Å². The number of quaternary nitrogens is 1. The summed E-state index contributed by atoms with van der Waals surface area (Å²) in [4.78, 5) is 11.4. The highest BCUT2D eigenvalue weighted by Gasteiger charge is 1.94. The largest absolute Gasteiger partial charge is 0.550 e. The molecule has 0 aromatic rings. The van der Waals surface area contributed by atoms with Crippen molar-refractivity contribution in [3.8, 4) is 0 Å². The smallest absolute Gasteiger partial charge is 0.0766 e. The maximum Gasteiger partial charge on any atom is 0.0766 e. The topological polar surface area (TPSA) is 44.6 Å². The van der Waals surface area contributed by atoms with Gasteiger partial charge in [0.05, 0.1) is 20.6 Å². The Morgan fingerprint density at radius 2 is 1.04 bits per heavy atom. The van der Waals surface area contributed by atoms with Crippen molar-refractivity contribution in [2.45, 2.75) is 110 Å². The van der Waals surface area contributed by atoms with Crippen LogP contribution in [0.4, 0.5) is 0 Å². The molecule has 0 aliphatic carbocycles. The molecule has 3 heteroatoms. The quantitative estimate of drug-likeness (QED) is 0.434. The summed E-state index contributed by atoms with van der Waals surface area (Å²) in [6.45, 7) is 5.72. The molecule has 1 N–H and O–H groups in total. The van der Waals surface area contributed by atoms with E-state index in [9.17, 15) is 9.90 Å². The molecule has 0 saturated heterocycles. The molecule has 0 saturated carbocycles. The zero-order chi connectivity index (χ0) is 18.5. The Morgan fingerprint density at radius 3 is 1.42 bits per heavy atom. The van der Waals surface area contributed by atoms with E-state index in [4.69, 9.17) is 0 Å². The average molecular weight is 344 g/mol. The third-order valence-corrected chi connectivity index (χ3v) is 4.26. The van der Waals surface area contributed by atoms with Gasteiger partial charge in [0.25, 0.3) is 0 Å². The second-order valence-corrected chi connectivity index (χ2v) is 7.32. The number of carbonyl (C=O) groups is 1. The molecular weight excluding hydrogens is 298 g/mol. The number of rotatable bonds is 16. The third-order valence-electron chi connectivity index (χ3n) is 4.26. The summed E-state index contributed by atoms with van der Waals surface area (Å²) >= 11 is 0. The van der Waals surface area contributed by atoms with Crippen LogP contribution in [-0.4, -0.2) is 26.6 Å². The van der Waals surface area contributed by atoms with Crippen molar-refractivity contribution in [2.75, 3.05) is 20.6 Å². The van der Waals surface area contributed by atoms with Gasteiger partial charge in [-0.2, -0.15) is 0 Å². The maximum absolute atomic E-state index is 9.85. The molecule has 0 atom stereocenters. The van der Waals surface area contributed by atoms with Crippen molar-refractivity contribution in [1.29, 1.82) is 0 Å². The lowest BCUT2D eigenvalue weighted by Crippen LogP contribution is -3.05. The number of carboxylic acid groups (broad SMARTS) is 1. The van der Waals surface area contributed by atoms with Crippen LogP contribution in [0, 0.1) is 0 Å². The second kappa shape index (κ2) is 22.4. The van der Waals surface area contributed by atoms with Crippen molar-refractivity contribution < 1.29 is 14.8 Å². The highest BCUT2D eigenvalue weighted by molar-refractivity contribution is 5.63. The first-order chi connectivity index (χ1) is 11.5. The van der Waals surface area contributed by atoms with Gasteiger partial charge in [0, 0.05) is 5.97 Å². The molecule has 0 aliphatic heterocycles. The average Bonchev–Trinajstić information content (AvgIpc) is 2.53. The van der Waals surface area contributed by atoms with Crippen LogP contribution in [-0.2, 0) is 4.79 Å². The van der Waals surface area contributed by atoms with Crippen LogP contribution in [0.15, 0.2) is 0 Å². The normalized spacial score (nSPS) is 10.5. The minimum absolute atomic E-state index is 0.222. The van der Waals surface area contributed by atoms with Gasteiger partial charge in [0.1, 0.15) is 0 Å². The lowest BCUT2D eigenvalue weighted by Gasteiger charge is -2.06. The van der Waals surface area contributed by atoms with E-state index in [1.165, 1.54) is 70.8 Å². The first-order valence-electron chi connectivity index (χ1n) is 10.5. The Bertz CT molecular complexity index is 242. The molecule has 0 aromatic carbocycles. The lowest BCUT2D eigenvalue weighted by molar-refractivity contribution is -0.858. The zero-order valence-corrected chi connectivity index (χ0v) is 17.1. The molecule has 0 rings (SSSR count). The fourth-order valence-electron chi connectivity index (χ4n) is 2.66.